The number of para-hydroxylation sites is 1. The van der Waals surface area contributed by atoms with Gasteiger partial charge < -0.3 is 25.6 Å². The van der Waals surface area contributed by atoms with Gasteiger partial charge >= 0.3 is 6.18 Å². The number of aliphatic hydroxyl groups is 1. The van der Waals surface area contributed by atoms with Crippen molar-refractivity contribution in [3.63, 3.8) is 0 Å². The number of guanidine groups is 1. The normalized spacial score (nSPS) is 17.2. The number of hydrogen-bond acceptors (Lipinski definition) is 4. The molecule has 0 aromatic heterocycles. The number of aliphatic imine (C=N–C) groups is 1. The highest BCUT2D eigenvalue weighted by Crippen LogP contribution is 2.32. The third-order valence-electron chi connectivity index (χ3n) is 4.36. The zero-order valence-corrected chi connectivity index (χ0v) is 18.3. The van der Waals surface area contributed by atoms with Crippen molar-refractivity contribution in [1.29, 1.82) is 0 Å². The first-order valence-corrected chi connectivity index (χ1v) is 9.09. The molecule has 2 aromatic carbocycles. The summed E-state index contributed by atoms with van der Waals surface area (Å²) in [6, 6.07) is 12.0. The maximum absolute atomic E-state index is 12.7. The van der Waals surface area contributed by atoms with E-state index in [1.165, 1.54) is 12.1 Å². The molecular formula is C20H23F3IN3O3. The van der Waals surface area contributed by atoms with E-state index in [0.29, 0.717) is 13.0 Å². The largest absolute Gasteiger partial charge is 0.493 e. The molecule has 2 aromatic rings. The summed E-state index contributed by atoms with van der Waals surface area (Å²) >= 11 is 0. The Balaban J connectivity index is 0.00000320. The lowest BCUT2D eigenvalue weighted by molar-refractivity contribution is -0.137. The van der Waals surface area contributed by atoms with Crippen molar-refractivity contribution < 1.29 is 27.8 Å². The molecule has 0 radical (unpaired) electrons. The molecule has 10 heteroatoms. The molecule has 0 aliphatic carbocycles. The number of aliphatic hydroxyl groups excluding tert-OH is 1. The van der Waals surface area contributed by atoms with Crippen LogP contribution in [0, 0.1) is 0 Å². The van der Waals surface area contributed by atoms with Gasteiger partial charge in [0.1, 0.15) is 24.2 Å². The van der Waals surface area contributed by atoms with Gasteiger partial charge in [-0.25, -0.2) is 0 Å². The summed E-state index contributed by atoms with van der Waals surface area (Å²) < 4.78 is 49.0. The van der Waals surface area contributed by atoms with Gasteiger partial charge in [-0.1, -0.05) is 24.3 Å². The highest BCUT2D eigenvalue weighted by molar-refractivity contribution is 14.0. The molecule has 1 aliphatic rings. The van der Waals surface area contributed by atoms with Crippen LogP contribution < -0.4 is 20.5 Å². The molecule has 0 bridgehead atoms. The lowest BCUT2D eigenvalue weighted by Crippen LogP contribution is -2.38. The minimum absolute atomic E-state index is 0. The van der Waals surface area contributed by atoms with E-state index in [9.17, 15) is 18.3 Å². The van der Waals surface area contributed by atoms with Crippen LogP contribution in [0.5, 0.6) is 11.5 Å². The standard InChI is InChI=1S/C20H22F3N3O3.HI/c21-20(22,23)13-4-3-5-15(10-13)29-12-14(27)11-25-19(24)26-17-8-9-28-18-7-2-1-6-16(17)18;/h1-7,10,14,17,27H,8-9,11-12H2,(H3,24,25,26);1H. The van der Waals surface area contributed by atoms with Crippen LogP contribution in [0.3, 0.4) is 0 Å². The smallest absolute Gasteiger partial charge is 0.416 e. The lowest BCUT2D eigenvalue weighted by Gasteiger charge is -2.27. The number of nitrogens with two attached hydrogens (primary N) is 1. The second kappa shape index (κ2) is 10.7. The zero-order valence-electron chi connectivity index (χ0n) is 15.9. The predicted octanol–water partition coefficient (Wildman–Crippen LogP) is 3.49. The van der Waals surface area contributed by atoms with Crippen molar-refractivity contribution >= 4 is 29.9 Å². The summed E-state index contributed by atoms with van der Waals surface area (Å²) in [4.78, 5) is 4.09. The van der Waals surface area contributed by atoms with Crippen LogP contribution in [0.15, 0.2) is 53.5 Å². The molecule has 164 valence electrons. The van der Waals surface area contributed by atoms with Gasteiger partial charge in [0.15, 0.2) is 5.96 Å². The number of alkyl halides is 3. The van der Waals surface area contributed by atoms with Crippen molar-refractivity contribution in [2.24, 2.45) is 10.7 Å². The number of benzene rings is 2. The average Bonchev–Trinajstić information content (AvgIpc) is 2.70. The third kappa shape index (κ3) is 6.66. The van der Waals surface area contributed by atoms with Crippen LogP contribution in [-0.2, 0) is 6.18 Å². The predicted molar refractivity (Wildman–Crippen MR) is 117 cm³/mol. The van der Waals surface area contributed by atoms with E-state index in [2.05, 4.69) is 10.3 Å². The highest BCUT2D eigenvalue weighted by atomic mass is 127. The third-order valence-corrected chi connectivity index (χ3v) is 4.36. The van der Waals surface area contributed by atoms with Crippen molar-refractivity contribution in [2.75, 3.05) is 19.8 Å². The fourth-order valence-corrected chi connectivity index (χ4v) is 2.93. The first-order valence-electron chi connectivity index (χ1n) is 9.09. The van der Waals surface area contributed by atoms with Crippen LogP contribution in [0.2, 0.25) is 0 Å². The number of fused-ring (bicyclic) bond motifs is 1. The molecule has 0 amide bonds. The van der Waals surface area contributed by atoms with Gasteiger partial charge in [-0.2, -0.15) is 13.2 Å². The minimum Gasteiger partial charge on any atom is -0.493 e. The second-order valence-corrected chi connectivity index (χ2v) is 6.59. The molecule has 4 N–H and O–H groups in total. The van der Waals surface area contributed by atoms with Crippen molar-refractivity contribution in [3.8, 4) is 11.5 Å². The number of nitrogens with zero attached hydrogens (tertiary/aromatic N) is 1. The van der Waals surface area contributed by atoms with Crippen LogP contribution in [0.25, 0.3) is 0 Å². The van der Waals surface area contributed by atoms with E-state index in [1.54, 1.807) is 0 Å². The quantitative estimate of drug-likeness (QED) is 0.299. The maximum Gasteiger partial charge on any atom is 0.416 e. The van der Waals surface area contributed by atoms with E-state index < -0.39 is 17.8 Å². The maximum atomic E-state index is 12.7. The monoisotopic (exact) mass is 537 g/mol. The van der Waals surface area contributed by atoms with Crippen molar-refractivity contribution in [2.45, 2.75) is 24.7 Å². The van der Waals surface area contributed by atoms with E-state index >= 15 is 0 Å². The Bertz CT molecular complexity index is 864. The van der Waals surface area contributed by atoms with Gasteiger partial charge in [0.2, 0.25) is 0 Å². The lowest BCUT2D eigenvalue weighted by atomic mass is 10.0. The van der Waals surface area contributed by atoms with Crippen LogP contribution >= 0.6 is 24.0 Å². The van der Waals surface area contributed by atoms with Crippen LogP contribution in [0.4, 0.5) is 13.2 Å². The molecule has 2 unspecified atom stereocenters. The van der Waals surface area contributed by atoms with Crippen molar-refractivity contribution in [3.05, 3.63) is 59.7 Å². The van der Waals surface area contributed by atoms with E-state index in [0.717, 1.165) is 23.4 Å². The van der Waals surface area contributed by atoms with Gasteiger partial charge in [0.25, 0.3) is 0 Å². The second-order valence-electron chi connectivity index (χ2n) is 6.59. The Hall–Kier alpha value is -2.21. The van der Waals surface area contributed by atoms with Gasteiger partial charge in [0.05, 0.1) is 24.8 Å². The Morgan fingerprint density at radius 3 is 2.80 bits per heavy atom. The Morgan fingerprint density at radius 1 is 1.27 bits per heavy atom. The number of rotatable bonds is 6. The van der Waals surface area contributed by atoms with Gasteiger partial charge in [0, 0.05) is 12.0 Å². The molecule has 6 nitrogen and oxygen atoms in total. The van der Waals surface area contributed by atoms with Gasteiger partial charge in [-0.05, 0) is 24.3 Å². The first-order chi connectivity index (χ1) is 13.8. The molecule has 2 atom stereocenters. The number of nitrogens with one attached hydrogen (secondary N) is 1. The molecule has 0 saturated heterocycles. The molecule has 0 spiro atoms. The fraction of sp³-hybridized carbons (Fsp3) is 0.350. The van der Waals surface area contributed by atoms with E-state index in [4.69, 9.17) is 15.2 Å². The molecule has 0 fully saturated rings. The Kier molecular flexibility index (Phi) is 8.59. The molecule has 0 saturated carbocycles. The summed E-state index contributed by atoms with van der Waals surface area (Å²) in [5.41, 5.74) is 6.07. The van der Waals surface area contributed by atoms with Crippen LogP contribution in [0.1, 0.15) is 23.6 Å². The molecule has 1 aliphatic heterocycles. The van der Waals surface area contributed by atoms with E-state index in [1.807, 2.05) is 24.3 Å². The Labute approximate surface area is 189 Å². The highest BCUT2D eigenvalue weighted by Gasteiger charge is 2.30. The van der Waals surface area contributed by atoms with Crippen LogP contribution in [-0.4, -0.2) is 36.9 Å². The topological polar surface area (TPSA) is 89.1 Å². The Morgan fingerprint density at radius 2 is 2.03 bits per heavy atom. The van der Waals surface area contributed by atoms with Gasteiger partial charge in [-0.15, -0.1) is 24.0 Å². The summed E-state index contributed by atoms with van der Waals surface area (Å²) in [6.45, 7) is 0.288. The summed E-state index contributed by atoms with van der Waals surface area (Å²) in [5, 5.41) is 13.1. The first kappa shape index (κ1) is 24.1. The minimum atomic E-state index is -4.45. The summed E-state index contributed by atoms with van der Waals surface area (Å²) in [6.07, 6.45) is -4.76. The molecule has 1 heterocycles. The SMILES string of the molecule is I.NC(=NCC(O)COc1cccc(C(F)(F)F)c1)NC1CCOc2ccccc21. The van der Waals surface area contributed by atoms with E-state index in [-0.39, 0.29) is 54.9 Å². The molecule has 30 heavy (non-hydrogen) atoms. The van der Waals surface area contributed by atoms with Gasteiger partial charge in [-0.3, -0.25) is 4.99 Å². The number of ether oxygens (including phenoxy) is 2. The number of halogens is 4. The molecular weight excluding hydrogens is 514 g/mol. The fourth-order valence-electron chi connectivity index (χ4n) is 2.93. The molecule has 3 rings (SSSR count). The summed E-state index contributed by atoms with van der Waals surface area (Å²) in [7, 11) is 0. The zero-order chi connectivity index (χ0) is 20.9. The summed E-state index contributed by atoms with van der Waals surface area (Å²) in [5.74, 6) is 0.969. The number of hydrogen-bond donors (Lipinski definition) is 3. The van der Waals surface area contributed by atoms with Crippen molar-refractivity contribution in [1.82, 2.24) is 5.32 Å². The average molecular weight is 537 g/mol.